The van der Waals surface area contributed by atoms with Crippen LogP contribution in [-0.4, -0.2) is 40.2 Å². The molecule has 1 aromatic heterocycles. The van der Waals surface area contributed by atoms with Crippen LogP contribution in [0.25, 0.3) is 34.2 Å². The molecule has 5 aromatic rings. The lowest BCUT2D eigenvalue weighted by Crippen LogP contribution is -2.02. The van der Waals surface area contributed by atoms with Crippen molar-refractivity contribution in [1.82, 2.24) is 15.0 Å². The number of methoxy groups -OCH3 is 2. The Balaban J connectivity index is 1.56. The first-order valence-electron chi connectivity index (χ1n) is 11.7. The van der Waals surface area contributed by atoms with E-state index >= 15 is 0 Å². The van der Waals surface area contributed by atoms with Gasteiger partial charge in [-0.05, 0) is 60.7 Å². The Morgan fingerprint density at radius 1 is 0.658 bits per heavy atom. The van der Waals surface area contributed by atoms with Gasteiger partial charge >= 0.3 is 5.97 Å². The number of hydrogen-bond acceptors (Lipinski definition) is 8. The Hall–Kier alpha value is -5.24. The summed E-state index contributed by atoms with van der Waals surface area (Å²) in [6.07, 6.45) is 0. The fourth-order valence-electron chi connectivity index (χ4n) is 3.75. The molecule has 0 bridgehead atoms. The molecule has 0 aliphatic heterocycles. The fraction of sp³-hybridized carbons (Fsp3) is 0.0667. The predicted octanol–water partition coefficient (Wildman–Crippen LogP) is 6.17. The number of para-hydroxylation sites is 1. The number of nitrogens with zero attached hydrogens (tertiary/aromatic N) is 3. The number of rotatable bonds is 7. The molecular weight excluding hydrogens is 482 g/mol. The summed E-state index contributed by atoms with van der Waals surface area (Å²) in [5.41, 5.74) is 2.23. The molecule has 0 saturated heterocycles. The maximum atomic E-state index is 11.9. The molecule has 0 aliphatic rings. The van der Waals surface area contributed by atoms with Gasteiger partial charge in [0.2, 0.25) is 0 Å². The first-order chi connectivity index (χ1) is 18.5. The summed E-state index contributed by atoms with van der Waals surface area (Å²) in [4.78, 5) is 25.8. The van der Waals surface area contributed by atoms with Crippen molar-refractivity contribution in [3.05, 3.63) is 103 Å². The molecule has 0 aliphatic carbocycles. The van der Waals surface area contributed by atoms with Gasteiger partial charge in [0.1, 0.15) is 23.0 Å². The van der Waals surface area contributed by atoms with Gasteiger partial charge < -0.3 is 19.3 Å². The summed E-state index contributed by atoms with van der Waals surface area (Å²) in [6, 6.07) is 28.6. The van der Waals surface area contributed by atoms with E-state index in [2.05, 4.69) is 15.0 Å². The van der Waals surface area contributed by atoms with Crippen LogP contribution >= 0.6 is 0 Å². The molecule has 1 heterocycles. The highest BCUT2D eigenvalue weighted by molar-refractivity contribution is 5.89. The predicted molar refractivity (Wildman–Crippen MR) is 142 cm³/mol. The van der Waals surface area contributed by atoms with E-state index in [9.17, 15) is 9.90 Å². The van der Waals surface area contributed by atoms with Gasteiger partial charge in [-0.1, -0.05) is 30.3 Å². The van der Waals surface area contributed by atoms with Gasteiger partial charge in [-0.3, -0.25) is 0 Å². The van der Waals surface area contributed by atoms with E-state index in [-0.39, 0.29) is 11.6 Å². The standard InChI is InChI=1S/C30H23N3O5/c1-36-24-16-17-25(26(34)18-24)29-32-27(19-8-10-21(11-9-19)30(35)37-2)31-28(33-29)20-12-14-23(15-13-20)38-22-6-4-3-5-7-22/h3-18,34H,1-2H3. The lowest BCUT2D eigenvalue weighted by atomic mass is 10.1. The molecule has 0 saturated carbocycles. The lowest BCUT2D eigenvalue weighted by Gasteiger charge is -2.11. The Morgan fingerprint density at radius 3 is 1.79 bits per heavy atom. The van der Waals surface area contributed by atoms with Gasteiger partial charge in [0, 0.05) is 17.2 Å². The molecule has 0 unspecified atom stereocenters. The molecule has 0 amide bonds. The van der Waals surface area contributed by atoms with Crippen LogP contribution in [0.5, 0.6) is 23.0 Å². The first-order valence-corrected chi connectivity index (χ1v) is 11.7. The van der Waals surface area contributed by atoms with Gasteiger partial charge in [-0.15, -0.1) is 0 Å². The van der Waals surface area contributed by atoms with E-state index in [4.69, 9.17) is 14.2 Å². The van der Waals surface area contributed by atoms with Gasteiger partial charge in [0.15, 0.2) is 17.5 Å². The van der Waals surface area contributed by atoms with E-state index < -0.39 is 5.97 Å². The molecule has 5 rings (SSSR count). The van der Waals surface area contributed by atoms with Crippen molar-refractivity contribution in [1.29, 1.82) is 0 Å². The topological polar surface area (TPSA) is 104 Å². The molecule has 4 aromatic carbocycles. The minimum Gasteiger partial charge on any atom is -0.507 e. The monoisotopic (exact) mass is 505 g/mol. The summed E-state index contributed by atoms with van der Waals surface area (Å²) in [6.45, 7) is 0. The average Bonchev–Trinajstić information content (AvgIpc) is 2.97. The maximum Gasteiger partial charge on any atom is 0.337 e. The average molecular weight is 506 g/mol. The second-order valence-electron chi connectivity index (χ2n) is 8.20. The molecule has 0 radical (unpaired) electrons. The number of carbonyl (C=O) groups is 1. The van der Waals surface area contributed by atoms with Crippen LogP contribution in [0.3, 0.4) is 0 Å². The Bertz CT molecular complexity index is 1570. The molecular formula is C30H23N3O5. The Kier molecular flexibility index (Phi) is 6.95. The van der Waals surface area contributed by atoms with Crippen LogP contribution in [-0.2, 0) is 4.74 Å². The van der Waals surface area contributed by atoms with Crippen LogP contribution in [0.2, 0.25) is 0 Å². The second-order valence-corrected chi connectivity index (χ2v) is 8.20. The highest BCUT2D eigenvalue weighted by Crippen LogP contribution is 2.33. The van der Waals surface area contributed by atoms with E-state index in [1.165, 1.54) is 20.3 Å². The molecule has 0 spiro atoms. The zero-order valence-electron chi connectivity index (χ0n) is 20.7. The van der Waals surface area contributed by atoms with Crippen molar-refractivity contribution in [2.24, 2.45) is 0 Å². The van der Waals surface area contributed by atoms with E-state index in [0.29, 0.717) is 39.8 Å². The largest absolute Gasteiger partial charge is 0.507 e. The number of carbonyl (C=O) groups excluding carboxylic acids is 1. The molecule has 0 fully saturated rings. The number of phenols is 1. The summed E-state index contributed by atoms with van der Waals surface area (Å²) in [7, 11) is 2.86. The third-order valence-corrected chi connectivity index (χ3v) is 5.74. The third-order valence-electron chi connectivity index (χ3n) is 5.74. The number of aromatic hydroxyl groups is 1. The van der Waals surface area contributed by atoms with Crippen LogP contribution in [0, 0.1) is 0 Å². The quantitative estimate of drug-likeness (QED) is 0.262. The van der Waals surface area contributed by atoms with Crippen molar-refractivity contribution in [3.63, 3.8) is 0 Å². The fourth-order valence-corrected chi connectivity index (χ4v) is 3.75. The Morgan fingerprint density at radius 2 is 1.21 bits per heavy atom. The highest BCUT2D eigenvalue weighted by Gasteiger charge is 2.16. The van der Waals surface area contributed by atoms with Crippen molar-refractivity contribution in [3.8, 4) is 57.2 Å². The second kappa shape index (κ2) is 10.8. The van der Waals surface area contributed by atoms with Crippen LogP contribution in [0.15, 0.2) is 97.1 Å². The van der Waals surface area contributed by atoms with Gasteiger partial charge in [-0.25, -0.2) is 19.7 Å². The smallest absolute Gasteiger partial charge is 0.337 e. The summed E-state index contributed by atoms with van der Waals surface area (Å²) < 4.78 is 15.9. The highest BCUT2D eigenvalue weighted by atomic mass is 16.5. The maximum absolute atomic E-state index is 11.9. The van der Waals surface area contributed by atoms with E-state index in [1.807, 2.05) is 54.6 Å². The molecule has 188 valence electrons. The number of phenolic OH excluding ortho intramolecular Hbond substituents is 1. The first kappa shape index (κ1) is 24.5. The van der Waals surface area contributed by atoms with Crippen LogP contribution in [0.1, 0.15) is 10.4 Å². The lowest BCUT2D eigenvalue weighted by molar-refractivity contribution is 0.0600. The summed E-state index contributed by atoms with van der Waals surface area (Å²) in [5.74, 6) is 2.51. The van der Waals surface area contributed by atoms with Crippen molar-refractivity contribution in [2.75, 3.05) is 14.2 Å². The van der Waals surface area contributed by atoms with Gasteiger partial charge in [0.05, 0.1) is 25.3 Å². The Labute approximate surface area is 219 Å². The number of hydrogen-bond donors (Lipinski definition) is 1. The molecule has 0 atom stereocenters. The number of aromatic nitrogens is 3. The summed E-state index contributed by atoms with van der Waals surface area (Å²) in [5, 5.41) is 10.7. The van der Waals surface area contributed by atoms with Gasteiger partial charge in [0.25, 0.3) is 0 Å². The summed E-state index contributed by atoms with van der Waals surface area (Å²) >= 11 is 0. The zero-order valence-corrected chi connectivity index (χ0v) is 20.7. The molecule has 8 heteroatoms. The minimum absolute atomic E-state index is 0.0277. The normalized spacial score (nSPS) is 10.6. The number of benzene rings is 4. The number of esters is 1. The van der Waals surface area contributed by atoms with Crippen molar-refractivity contribution < 1.29 is 24.1 Å². The molecule has 1 N–H and O–H groups in total. The number of ether oxygens (including phenoxy) is 3. The van der Waals surface area contributed by atoms with Crippen molar-refractivity contribution in [2.45, 2.75) is 0 Å². The molecule has 38 heavy (non-hydrogen) atoms. The van der Waals surface area contributed by atoms with Crippen molar-refractivity contribution >= 4 is 5.97 Å². The molecule has 8 nitrogen and oxygen atoms in total. The SMILES string of the molecule is COC(=O)c1ccc(-c2nc(-c3ccc(Oc4ccccc4)cc3)nc(-c3ccc(OC)cc3O)n2)cc1. The van der Waals surface area contributed by atoms with E-state index in [1.54, 1.807) is 36.4 Å². The van der Waals surface area contributed by atoms with Gasteiger partial charge in [-0.2, -0.15) is 0 Å². The van der Waals surface area contributed by atoms with E-state index in [0.717, 1.165) is 11.3 Å². The van der Waals surface area contributed by atoms with Crippen LogP contribution < -0.4 is 9.47 Å². The third kappa shape index (κ3) is 5.29. The zero-order chi connectivity index (χ0) is 26.5. The minimum atomic E-state index is -0.436. The van der Waals surface area contributed by atoms with Crippen LogP contribution in [0.4, 0.5) is 0 Å².